The standard InChI is InChI=1S/C15H14N2O2/c1-11(15(16)18)13-4-2-3-5-14(13)19-10-12-6-8-17-9-7-12/h2-9H,1,10H2,(H2,16,18). The van der Waals surface area contributed by atoms with Crippen LogP contribution in [-0.4, -0.2) is 10.9 Å². The molecule has 2 aromatic rings. The summed E-state index contributed by atoms with van der Waals surface area (Å²) >= 11 is 0. The Morgan fingerprint density at radius 2 is 1.89 bits per heavy atom. The fraction of sp³-hybridized carbons (Fsp3) is 0.0667. The lowest BCUT2D eigenvalue weighted by Crippen LogP contribution is -2.12. The molecule has 1 heterocycles. The smallest absolute Gasteiger partial charge is 0.248 e. The van der Waals surface area contributed by atoms with Gasteiger partial charge in [-0.15, -0.1) is 0 Å². The number of primary amides is 1. The third-order valence-corrected chi connectivity index (χ3v) is 2.65. The molecule has 0 fully saturated rings. The molecule has 4 heteroatoms. The second-order valence-electron chi connectivity index (χ2n) is 3.98. The van der Waals surface area contributed by atoms with Crippen LogP contribution in [0.3, 0.4) is 0 Å². The molecule has 2 rings (SSSR count). The van der Waals surface area contributed by atoms with E-state index < -0.39 is 5.91 Å². The predicted molar refractivity (Wildman–Crippen MR) is 73.2 cm³/mol. The number of pyridine rings is 1. The van der Waals surface area contributed by atoms with Gasteiger partial charge in [0.2, 0.25) is 5.91 Å². The van der Waals surface area contributed by atoms with Gasteiger partial charge in [0.05, 0.1) is 0 Å². The van der Waals surface area contributed by atoms with Crippen molar-refractivity contribution in [2.75, 3.05) is 0 Å². The molecule has 1 aromatic heterocycles. The molecule has 19 heavy (non-hydrogen) atoms. The molecular formula is C15H14N2O2. The van der Waals surface area contributed by atoms with Gasteiger partial charge in [-0.2, -0.15) is 0 Å². The normalized spacial score (nSPS) is 9.89. The number of para-hydroxylation sites is 1. The lowest BCUT2D eigenvalue weighted by molar-refractivity contribution is -0.112. The predicted octanol–water partition coefficient (Wildman–Crippen LogP) is 2.16. The maximum absolute atomic E-state index is 11.2. The van der Waals surface area contributed by atoms with Crippen LogP contribution < -0.4 is 10.5 Å². The van der Waals surface area contributed by atoms with E-state index in [1.54, 1.807) is 24.5 Å². The van der Waals surface area contributed by atoms with E-state index in [1.807, 2.05) is 24.3 Å². The van der Waals surface area contributed by atoms with Gasteiger partial charge in [0.15, 0.2) is 0 Å². The number of nitrogens with two attached hydrogens (primary N) is 1. The van der Waals surface area contributed by atoms with Crippen molar-refractivity contribution in [1.29, 1.82) is 0 Å². The molecule has 0 bridgehead atoms. The highest BCUT2D eigenvalue weighted by molar-refractivity contribution is 6.18. The topological polar surface area (TPSA) is 65.2 Å². The van der Waals surface area contributed by atoms with Crippen molar-refractivity contribution in [3.05, 3.63) is 66.5 Å². The van der Waals surface area contributed by atoms with Crippen molar-refractivity contribution < 1.29 is 9.53 Å². The third kappa shape index (κ3) is 3.19. The number of ether oxygens (including phenoxy) is 1. The van der Waals surface area contributed by atoms with Crippen LogP contribution in [0.5, 0.6) is 5.75 Å². The summed E-state index contributed by atoms with van der Waals surface area (Å²) in [6.45, 7) is 4.07. The van der Waals surface area contributed by atoms with Gasteiger partial charge in [-0.05, 0) is 23.8 Å². The highest BCUT2D eigenvalue weighted by Gasteiger charge is 2.11. The van der Waals surface area contributed by atoms with Gasteiger partial charge < -0.3 is 10.5 Å². The van der Waals surface area contributed by atoms with Crippen LogP contribution in [0.2, 0.25) is 0 Å². The van der Waals surface area contributed by atoms with E-state index >= 15 is 0 Å². The molecule has 0 aliphatic rings. The number of amides is 1. The molecule has 4 nitrogen and oxygen atoms in total. The molecule has 0 spiro atoms. The molecule has 0 saturated heterocycles. The molecular weight excluding hydrogens is 240 g/mol. The minimum absolute atomic E-state index is 0.241. The lowest BCUT2D eigenvalue weighted by Gasteiger charge is -2.11. The first kappa shape index (κ1) is 12.8. The van der Waals surface area contributed by atoms with Crippen LogP contribution in [0.25, 0.3) is 5.57 Å². The Morgan fingerprint density at radius 1 is 1.21 bits per heavy atom. The highest BCUT2D eigenvalue weighted by atomic mass is 16.5. The van der Waals surface area contributed by atoms with Crippen LogP contribution in [-0.2, 0) is 11.4 Å². The van der Waals surface area contributed by atoms with E-state index in [-0.39, 0.29) is 5.57 Å². The molecule has 2 N–H and O–H groups in total. The Morgan fingerprint density at radius 3 is 2.58 bits per heavy atom. The number of carbonyl (C=O) groups is 1. The number of rotatable bonds is 5. The van der Waals surface area contributed by atoms with Crippen LogP contribution in [0, 0.1) is 0 Å². The number of nitrogens with zero attached hydrogens (tertiary/aromatic N) is 1. The van der Waals surface area contributed by atoms with E-state index in [1.165, 1.54) is 0 Å². The van der Waals surface area contributed by atoms with E-state index in [9.17, 15) is 4.79 Å². The Labute approximate surface area is 111 Å². The Hall–Kier alpha value is -2.62. The SMILES string of the molecule is C=C(C(N)=O)c1ccccc1OCc1ccncc1. The van der Waals surface area contributed by atoms with E-state index in [4.69, 9.17) is 10.5 Å². The van der Waals surface area contributed by atoms with Crippen LogP contribution in [0.1, 0.15) is 11.1 Å². The molecule has 0 aliphatic carbocycles. The number of benzene rings is 1. The molecule has 0 aliphatic heterocycles. The summed E-state index contributed by atoms with van der Waals surface area (Å²) in [4.78, 5) is 15.1. The molecule has 1 amide bonds. The van der Waals surface area contributed by atoms with Crippen molar-refractivity contribution in [3.8, 4) is 5.75 Å². The average molecular weight is 254 g/mol. The van der Waals surface area contributed by atoms with Crippen molar-refractivity contribution in [2.24, 2.45) is 5.73 Å². The highest BCUT2D eigenvalue weighted by Crippen LogP contribution is 2.25. The molecule has 1 aromatic carbocycles. The quantitative estimate of drug-likeness (QED) is 0.831. The maximum Gasteiger partial charge on any atom is 0.248 e. The Bertz CT molecular complexity index is 594. The lowest BCUT2D eigenvalue weighted by atomic mass is 10.1. The van der Waals surface area contributed by atoms with E-state index in [2.05, 4.69) is 11.6 Å². The van der Waals surface area contributed by atoms with Gasteiger partial charge in [-0.25, -0.2) is 0 Å². The number of carbonyl (C=O) groups excluding carboxylic acids is 1. The maximum atomic E-state index is 11.2. The van der Waals surface area contributed by atoms with Gasteiger partial charge in [0.1, 0.15) is 12.4 Å². The van der Waals surface area contributed by atoms with Gasteiger partial charge in [0.25, 0.3) is 0 Å². The van der Waals surface area contributed by atoms with Gasteiger partial charge in [0, 0.05) is 23.5 Å². The average Bonchev–Trinajstić information content (AvgIpc) is 2.45. The van der Waals surface area contributed by atoms with Gasteiger partial charge in [-0.1, -0.05) is 24.8 Å². The summed E-state index contributed by atoms with van der Waals surface area (Å²) in [7, 11) is 0. The Kier molecular flexibility index (Phi) is 3.93. The molecule has 0 saturated carbocycles. The van der Waals surface area contributed by atoms with Gasteiger partial charge in [-0.3, -0.25) is 9.78 Å². The van der Waals surface area contributed by atoms with E-state index in [0.717, 1.165) is 5.56 Å². The number of aromatic nitrogens is 1. The van der Waals surface area contributed by atoms with Crippen molar-refractivity contribution in [3.63, 3.8) is 0 Å². The van der Waals surface area contributed by atoms with Crippen LogP contribution in [0.15, 0.2) is 55.4 Å². The van der Waals surface area contributed by atoms with Crippen molar-refractivity contribution in [2.45, 2.75) is 6.61 Å². The van der Waals surface area contributed by atoms with Crippen molar-refractivity contribution >= 4 is 11.5 Å². The zero-order valence-electron chi connectivity index (χ0n) is 10.4. The first-order valence-corrected chi connectivity index (χ1v) is 5.78. The summed E-state index contributed by atoms with van der Waals surface area (Å²) < 4.78 is 5.70. The fourth-order valence-corrected chi connectivity index (χ4v) is 1.61. The summed E-state index contributed by atoms with van der Waals surface area (Å²) in [5, 5.41) is 0. The third-order valence-electron chi connectivity index (χ3n) is 2.65. The minimum Gasteiger partial charge on any atom is -0.488 e. The molecule has 0 unspecified atom stereocenters. The first-order chi connectivity index (χ1) is 9.18. The summed E-state index contributed by atoms with van der Waals surface area (Å²) in [6.07, 6.45) is 3.40. The minimum atomic E-state index is -0.556. The summed E-state index contributed by atoms with van der Waals surface area (Å²) in [5.74, 6) is 0.0306. The van der Waals surface area contributed by atoms with Crippen LogP contribution in [0.4, 0.5) is 0 Å². The summed E-state index contributed by atoms with van der Waals surface area (Å²) in [5.41, 5.74) is 7.09. The zero-order chi connectivity index (χ0) is 13.7. The second-order valence-corrected chi connectivity index (χ2v) is 3.98. The van der Waals surface area contributed by atoms with E-state index in [0.29, 0.717) is 17.9 Å². The number of hydrogen-bond acceptors (Lipinski definition) is 3. The zero-order valence-corrected chi connectivity index (χ0v) is 10.4. The first-order valence-electron chi connectivity index (χ1n) is 5.78. The van der Waals surface area contributed by atoms with Gasteiger partial charge >= 0.3 is 0 Å². The fourth-order valence-electron chi connectivity index (χ4n) is 1.61. The molecule has 0 atom stereocenters. The molecule has 0 radical (unpaired) electrons. The Balaban J connectivity index is 2.17. The monoisotopic (exact) mass is 254 g/mol. The number of hydrogen-bond donors (Lipinski definition) is 1. The van der Waals surface area contributed by atoms with Crippen LogP contribution >= 0.6 is 0 Å². The van der Waals surface area contributed by atoms with Crippen molar-refractivity contribution in [1.82, 2.24) is 4.98 Å². The summed E-state index contributed by atoms with van der Waals surface area (Å²) in [6, 6.07) is 10.9. The second kappa shape index (κ2) is 5.82. The molecule has 96 valence electrons. The largest absolute Gasteiger partial charge is 0.488 e.